The molecule has 0 unspecified atom stereocenters. The first-order chi connectivity index (χ1) is 8.29. The molecule has 0 radical (unpaired) electrons. The van der Waals surface area contributed by atoms with Gasteiger partial charge in [0.05, 0.1) is 0 Å². The number of nitrogens with one attached hydrogen (secondary N) is 1. The van der Waals surface area contributed by atoms with Gasteiger partial charge in [0.1, 0.15) is 0 Å². The number of hydrogen-bond acceptors (Lipinski definition) is 1. The van der Waals surface area contributed by atoms with Crippen LogP contribution in [0.4, 0.5) is 0 Å². The van der Waals surface area contributed by atoms with Crippen LogP contribution < -0.4 is 5.32 Å². The van der Waals surface area contributed by atoms with Gasteiger partial charge in [-0.25, -0.2) is 0 Å². The van der Waals surface area contributed by atoms with Gasteiger partial charge in [0.25, 0.3) is 0 Å². The fourth-order valence-electron chi connectivity index (χ4n) is 1.79. The molecule has 0 heterocycles. The molecule has 0 atom stereocenters. The van der Waals surface area contributed by atoms with Gasteiger partial charge in [-0.15, -0.1) is 0 Å². The summed E-state index contributed by atoms with van der Waals surface area (Å²) in [6.45, 7) is 11.3. The molecule has 18 heavy (non-hydrogen) atoms. The first kappa shape index (κ1) is 14.7. The van der Waals surface area contributed by atoms with Gasteiger partial charge in [0, 0.05) is 13.0 Å². The minimum Gasteiger partial charge on any atom is -0.352 e. The number of benzene rings is 1. The zero-order valence-electron chi connectivity index (χ0n) is 12.2. The first-order valence-corrected chi connectivity index (χ1v) is 6.65. The Labute approximate surface area is 111 Å². The third-order valence-corrected chi connectivity index (χ3v) is 2.88. The molecule has 100 valence electrons. The topological polar surface area (TPSA) is 29.1 Å². The summed E-state index contributed by atoms with van der Waals surface area (Å²) in [7, 11) is 0. The number of carbonyl (C=O) groups excluding carboxylic acids is 1. The highest BCUT2D eigenvalue weighted by Crippen LogP contribution is 2.22. The SMILES string of the molecule is CC(C)CC(=O)NCc1cccc(C(C)(C)C)c1. The second-order valence-corrected chi connectivity index (χ2v) is 6.33. The Morgan fingerprint density at radius 2 is 1.94 bits per heavy atom. The van der Waals surface area contributed by atoms with Crippen LogP contribution in [0, 0.1) is 5.92 Å². The molecule has 0 aliphatic carbocycles. The lowest BCUT2D eigenvalue weighted by Gasteiger charge is -2.19. The van der Waals surface area contributed by atoms with Crippen molar-refractivity contribution in [3.63, 3.8) is 0 Å². The molecule has 1 aromatic rings. The highest BCUT2D eigenvalue weighted by molar-refractivity contribution is 5.76. The van der Waals surface area contributed by atoms with Crippen LogP contribution in [0.1, 0.15) is 52.2 Å². The van der Waals surface area contributed by atoms with Crippen molar-refractivity contribution in [1.82, 2.24) is 5.32 Å². The van der Waals surface area contributed by atoms with E-state index in [0.29, 0.717) is 18.9 Å². The third kappa shape index (κ3) is 4.91. The minimum absolute atomic E-state index is 0.131. The zero-order chi connectivity index (χ0) is 13.8. The summed E-state index contributed by atoms with van der Waals surface area (Å²) in [5.74, 6) is 0.539. The standard InChI is InChI=1S/C16H25NO/c1-12(2)9-15(18)17-11-13-7-6-8-14(10-13)16(3,4)5/h6-8,10,12H,9,11H2,1-5H3,(H,17,18). The molecule has 0 aromatic heterocycles. The van der Waals surface area contributed by atoms with E-state index >= 15 is 0 Å². The Bertz CT molecular complexity index is 402. The zero-order valence-corrected chi connectivity index (χ0v) is 12.2. The summed E-state index contributed by atoms with van der Waals surface area (Å²) < 4.78 is 0. The van der Waals surface area contributed by atoms with Crippen LogP contribution in [0.15, 0.2) is 24.3 Å². The molecule has 1 aromatic carbocycles. The van der Waals surface area contributed by atoms with Crippen LogP contribution in [-0.2, 0) is 16.8 Å². The smallest absolute Gasteiger partial charge is 0.220 e. The van der Waals surface area contributed by atoms with Gasteiger partial charge in [-0.1, -0.05) is 58.9 Å². The normalized spacial score (nSPS) is 11.7. The summed E-state index contributed by atoms with van der Waals surface area (Å²) >= 11 is 0. The molecule has 0 aliphatic rings. The predicted octanol–water partition coefficient (Wildman–Crippen LogP) is 3.65. The highest BCUT2D eigenvalue weighted by atomic mass is 16.1. The minimum atomic E-state index is 0.131. The van der Waals surface area contributed by atoms with Crippen LogP contribution in [0.5, 0.6) is 0 Å². The van der Waals surface area contributed by atoms with Crippen LogP contribution >= 0.6 is 0 Å². The van der Waals surface area contributed by atoms with E-state index in [2.05, 4.69) is 64.2 Å². The Morgan fingerprint density at radius 1 is 1.28 bits per heavy atom. The number of rotatable bonds is 4. The van der Waals surface area contributed by atoms with Crippen molar-refractivity contribution in [2.45, 2.75) is 53.0 Å². The molecule has 1 rings (SSSR count). The van der Waals surface area contributed by atoms with Gasteiger partial charge in [-0.2, -0.15) is 0 Å². The van der Waals surface area contributed by atoms with Gasteiger partial charge in [-0.05, 0) is 22.5 Å². The molecular formula is C16H25NO. The van der Waals surface area contributed by atoms with E-state index in [9.17, 15) is 4.79 Å². The molecule has 1 amide bonds. The largest absolute Gasteiger partial charge is 0.352 e. The van der Waals surface area contributed by atoms with E-state index in [4.69, 9.17) is 0 Å². The summed E-state index contributed by atoms with van der Waals surface area (Å²) in [4.78, 5) is 11.6. The maximum atomic E-state index is 11.6. The van der Waals surface area contributed by atoms with E-state index < -0.39 is 0 Å². The van der Waals surface area contributed by atoms with Gasteiger partial charge in [0.15, 0.2) is 0 Å². The van der Waals surface area contributed by atoms with Crippen molar-refractivity contribution in [1.29, 1.82) is 0 Å². The van der Waals surface area contributed by atoms with Crippen LogP contribution in [0.2, 0.25) is 0 Å². The Hall–Kier alpha value is -1.31. The Morgan fingerprint density at radius 3 is 2.50 bits per heavy atom. The average Bonchev–Trinajstić information content (AvgIpc) is 2.25. The van der Waals surface area contributed by atoms with Crippen molar-refractivity contribution in [2.24, 2.45) is 5.92 Å². The second kappa shape index (κ2) is 6.03. The van der Waals surface area contributed by atoms with Crippen molar-refractivity contribution < 1.29 is 4.79 Å². The number of carbonyl (C=O) groups is 1. The summed E-state index contributed by atoms with van der Waals surface area (Å²) in [6.07, 6.45) is 0.596. The third-order valence-electron chi connectivity index (χ3n) is 2.88. The highest BCUT2D eigenvalue weighted by Gasteiger charge is 2.13. The molecular weight excluding hydrogens is 222 g/mol. The molecule has 0 saturated heterocycles. The fraction of sp³-hybridized carbons (Fsp3) is 0.562. The van der Waals surface area contributed by atoms with Crippen LogP contribution in [0.3, 0.4) is 0 Å². The van der Waals surface area contributed by atoms with Crippen molar-refractivity contribution in [2.75, 3.05) is 0 Å². The van der Waals surface area contributed by atoms with Gasteiger partial charge in [0.2, 0.25) is 5.91 Å². The van der Waals surface area contributed by atoms with E-state index in [1.807, 2.05) is 0 Å². The molecule has 0 aliphatic heterocycles. The summed E-state index contributed by atoms with van der Waals surface area (Å²) in [6, 6.07) is 8.44. The maximum absolute atomic E-state index is 11.6. The lowest BCUT2D eigenvalue weighted by Crippen LogP contribution is -2.24. The number of hydrogen-bond donors (Lipinski definition) is 1. The lowest BCUT2D eigenvalue weighted by atomic mass is 9.86. The Kier molecular flexibility index (Phi) is 4.94. The van der Waals surface area contributed by atoms with Crippen molar-refractivity contribution in [3.8, 4) is 0 Å². The maximum Gasteiger partial charge on any atom is 0.220 e. The van der Waals surface area contributed by atoms with E-state index in [0.717, 1.165) is 0 Å². The average molecular weight is 247 g/mol. The Balaban J connectivity index is 2.61. The van der Waals surface area contributed by atoms with Crippen molar-refractivity contribution in [3.05, 3.63) is 35.4 Å². The number of amides is 1. The molecule has 0 spiro atoms. The lowest BCUT2D eigenvalue weighted by molar-refractivity contribution is -0.121. The van der Waals surface area contributed by atoms with Gasteiger partial charge in [-0.3, -0.25) is 4.79 Å². The summed E-state index contributed by atoms with van der Waals surface area (Å²) in [5.41, 5.74) is 2.62. The van der Waals surface area contributed by atoms with Crippen molar-refractivity contribution >= 4 is 5.91 Å². The quantitative estimate of drug-likeness (QED) is 0.864. The van der Waals surface area contributed by atoms with Gasteiger partial charge < -0.3 is 5.32 Å². The van der Waals surface area contributed by atoms with E-state index in [1.54, 1.807) is 0 Å². The summed E-state index contributed by atoms with van der Waals surface area (Å²) in [5, 5.41) is 2.97. The molecule has 0 fully saturated rings. The first-order valence-electron chi connectivity index (χ1n) is 6.65. The molecule has 2 nitrogen and oxygen atoms in total. The van der Waals surface area contributed by atoms with E-state index in [-0.39, 0.29) is 11.3 Å². The fourth-order valence-corrected chi connectivity index (χ4v) is 1.79. The molecule has 1 N–H and O–H groups in total. The molecule has 2 heteroatoms. The monoisotopic (exact) mass is 247 g/mol. The second-order valence-electron chi connectivity index (χ2n) is 6.33. The van der Waals surface area contributed by atoms with E-state index in [1.165, 1.54) is 11.1 Å². The molecule has 0 bridgehead atoms. The van der Waals surface area contributed by atoms with Crippen LogP contribution in [0.25, 0.3) is 0 Å². The molecule has 0 saturated carbocycles. The van der Waals surface area contributed by atoms with Crippen LogP contribution in [-0.4, -0.2) is 5.91 Å². The predicted molar refractivity (Wildman–Crippen MR) is 76.4 cm³/mol. The van der Waals surface area contributed by atoms with Gasteiger partial charge >= 0.3 is 0 Å².